The first kappa shape index (κ1) is 24.0. The number of hydrogen-bond acceptors (Lipinski definition) is 6. The van der Waals surface area contributed by atoms with E-state index in [1.54, 1.807) is 0 Å². The van der Waals surface area contributed by atoms with Crippen LogP contribution >= 0.6 is 0 Å². The van der Waals surface area contributed by atoms with Gasteiger partial charge in [0, 0.05) is 31.5 Å². The molecular weight excluding hydrogens is 449 g/mol. The van der Waals surface area contributed by atoms with Crippen LogP contribution in [0.3, 0.4) is 0 Å². The molecule has 1 saturated heterocycles. The van der Waals surface area contributed by atoms with Crippen LogP contribution in [0.4, 0.5) is 13.2 Å². The number of nitrogens with one attached hydrogen (secondary N) is 2. The molecule has 0 aliphatic carbocycles. The summed E-state index contributed by atoms with van der Waals surface area (Å²) >= 11 is 0. The predicted octanol–water partition coefficient (Wildman–Crippen LogP) is 3.84. The summed E-state index contributed by atoms with van der Waals surface area (Å²) in [6.07, 6.45) is -3.57. The quantitative estimate of drug-likeness (QED) is 0.663. The number of rotatable bonds is 6. The van der Waals surface area contributed by atoms with Crippen LogP contribution in [0.15, 0.2) is 53.5 Å². The van der Waals surface area contributed by atoms with Crippen LogP contribution in [0.5, 0.6) is 5.75 Å². The van der Waals surface area contributed by atoms with Gasteiger partial charge in [-0.25, -0.2) is 15.3 Å². The third-order valence-corrected chi connectivity index (χ3v) is 5.97. The maximum Gasteiger partial charge on any atom is 0.573 e. The Kier molecular flexibility index (Phi) is 6.81. The van der Waals surface area contributed by atoms with Crippen molar-refractivity contribution < 1.29 is 27.5 Å². The number of aryl methyl sites for hydroxylation is 1. The minimum atomic E-state index is -4.73. The number of aliphatic imine (C=N–C) groups is 1. The van der Waals surface area contributed by atoms with Gasteiger partial charge in [-0.15, -0.1) is 13.2 Å². The van der Waals surface area contributed by atoms with Crippen molar-refractivity contribution in [2.75, 3.05) is 19.6 Å². The number of benzene rings is 2. The van der Waals surface area contributed by atoms with Gasteiger partial charge < -0.3 is 10.1 Å². The normalized spacial score (nSPS) is 18.8. The van der Waals surface area contributed by atoms with Gasteiger partial charge in [-0.1, -0.05) is 29.8 Å². The molecule has 0 saturated carbocycles. The van der Waals surface area contributed by atoms with Crippen LogP contribution in [0, 0.1) is 6.92 Å². The van der Waals surface area contributed by atoms with Crippen molar-refractivity contribution in [2.45, 2.75) is 44.8 Å². The molecule has 0 bridgehead atoms. The molecule has 1 atom stereocenters. The topological polar surface area (TPSA) is 75.2 Å². The smallest absolute Gasteiger partial charge is 0.406 e. The first-order valence-electron chi connectivity index (χ1n) is 11.1. The Morgan fingerprint density at radius 3 is 2.44 bits per heavy atom. The molecule has 1 unspecified atom stereocenters. The fraction of sp³-hybridized carbons (Fsp3) is 0.417. The fourth-order valence-electron chi connectivity index (χ4n) is 4.03. The lowest BCUT2D eigenvalue weighted by atomic mass is 10.0. The van der Waals surface area contributed by atoms with Crippen molar-refractivity contribution in [3.05, 3.63) is 65.2 Å². The Labute approximate surface area is 195 Å². The van der Waals surface area contributed by atoms with Gasteiger partial charge in [0.25, 0.3) is 0 Å². The van der Waals surface area contributed by atoms with E-state index >= 15 is 0 Å². The molecule has 34 heavy (non-hydrogen) atoms. The monoisotopic (exact) mass is 476 g/mol. The average molecular weight is 476 g/mol. The van der Waals surface area contributed by atoms with Crippen molar-refractivity contribution in [1.82, 2.24) is 15.7 Å². The Balaban J connectivity index is 1.28. The van der Waals surface area contributed by atoms with Crippen LogP contribution in [0.25, 0.3) is 0 Å². The molecule has 0 radical (unpaired) electrons. The highest BCUT2D eigenvalue weighted by atomic mass is 19.4. The van der Waals surface area contributed by atoms with Gasteiger partial charge in [-0.3, -0.25) is 9.69 Å². The lowest BCUT2D eigenvalue weighted by Gasteiger charge is -2.35. The molecule has 2 heterocycles. The van der Waals surface area contributed by atoms with Gasteiger partial charge in [-0.2, -0.15) is 0 Å². The van der Waals surface area contributed by atoms with E-state index in [1.807, 2.05) is 38.1 Å². The van der Waals surface area contributed by atoms with Gasteiger partial charge in [0.05, 0.1) is 12.6 Å². The summed E-state index contributed by atoms with van der Waals surface area (Å²) in [6.45, 7) is 5.53. The number of likely N-dealkylation sites (tertiary alicyclic amines) is 1. The average Bonchev–Trinajstić information content (AvgIpc) is 3.19. The van der Waals surface area contributed by atoms with Crippen molar-refractivity contribution >= 4 is 11.7 Å². The zero-order valence-electron chi connectivity index (χ0n) is 19.0. The van der Waals surface area contributed by atoms with Gasteiger partial charge in [-0.05, 0) is 43.7 Å². The third-order valence-electron chi connectivity index (χ3n) is 5.97. The van der Waals surface area contributed by atoms with E-state index in [-0.39, 0.29) is 24.2 Å². The molecule has 182 valence electrons. The zero-order valence-corrected chi connectivity index (χ0v) is 19.0. The molecule has 1 fully saturated rings. The second kappa shape index (κ2) is 9.63. The summed E-state index contributed by atoms with van der Waals surface area (Å²) < 4.78 is 40.9. The Bertz CT molecular complexity index is 1030. The molecule has 7 nitrogen and oxygen atoms in total. The molecule has 0 aromatic heterocycles. The lowest BCUT2D eigenvalue weighted by Crippen LogP contribution is -2.47. The number of halogens is 3. The summed E-state index contributed by atoms with van der Waals surface area (Å²) in [6, 6.07) is 13.5. The zero-order chi connectivity index (χ0) is 24.3. The standard InChI is InChI=1S/C24H27F3N4O3/c1-16-3-5-18(6-4-16)17(2)28-21(32)15-31-13-11-23(12-14-31)29-22(30-34-23)19-7-9-20(10-8-19)33-24(25,26)27/h3-10,17H,11-15H2,1-2H3,(H,28,32)(H,29,30). The molecule has 1 amide bonds. The molecule has 2 aromatic rings. The summed E-state index contributed by atoms with van der Waals surface area (Å²) in [5.41, 5.74) is 4.87. The van der Waals surface area contributed by atoms with Crippen LogP contribution in [-0.2, 0) is 9.63 Å². The van der Waals surface area contributed by atoms with E-state index in [9.17, 15) is 18.0 Å². The first-order valence-corrected chi connectivity index (χ1v) is 11.1. The van der Waals surface area contributed by atoms with E-state index in [2.05, 4.69) is 25.4 Å². The predicted molar refractivity (Wildman–Crippen MR) is 120 cm³/mol. The number of amidine groups is 1. The Morgan fingerprint density at radius 1 is 1.18 bits per heavy atom. The summed E-state index contributed by atoms with van der Waals surface area (Å²) in [4.78, 5) is 25.0. The van der Waals surface area contributed by atoms with Gasteiger partial charge in [0.15, 0.2) is 11.6 Å². The van der Waals surface area contributed by atoms with Crippen LogP contribution < -0.4 is 15.5 Å². The fourth-order valence-corrected chi connectivity index (χ4v) is 4.03. The number of hydrogen-bond donors (Lipinski definition) is 2. The van der Waals surface area contributed by atoms with Crippen molar-refractivity contribution in [1.29, 1.82) is 0 Å². The molecule has 2 aliphatic heterocycles. The SMILES string of the molecule is Cc1ccc(C(C)NC(=O)CN2CCC3(CC2)N=C(c2ccc(OC(F)(F)F)cc2)NO3)cc1. The third kappa shape index (κ3) is 6.06. The largest absolute Gasteiger partial charge is 0.573 e. The van der Waals surface area contributed by atoms with Crippen molar-refractivity contribution in [2.24, 2.45) is 4.99 Å². The molecule has 2 N–H and O–H groups in total. The van der Waals surface area contributed by atoms with E-state index in [0.717, 1.165) is 5.56 Å². The van der Waals surface area contributed by atoms with Crippen molar-refractivity contribution in [3.8, 4) is 5.75 Å². The summed E-state index contributed by atoms with van der Waals surface area (Å²) in [7, 11) is 0. The van der Waals surface area contributed by atoms with Crippen molar-refractivity contribution in [3.63, 3.8) is 0 Å². The summed E-state index contributed by atoms with van der Waals surface area (Å²) in [5.74, 6) is 0.116. The molecule has 4 rings (SSSR count). The van der Waals surface area contributed by atoms with E-state index in [0.29, 0.717) is 37.3 Å². The van der Waals surface area contributed by atoms with Gasteiger partial charge in [0.1, 0.15) is 5.75 Å². The number of amides is 1. The van der Waals surface area contributed by atoms with E-state index in [4.69, 9.17) is 4.84 Å². The van der Waals surface area contributed by atoms with Gasteiger partial charge in [0.2, 0.25) is 5.91 Å². The van der Waals surface area contributed by atoms with Crippen LogP contribution in [0.2, 0.25) is 0 Å². The highest BCUT2D eigenvalue weighted by molar-refractivity contribution is 5.99. The number of carbonyl (C=O) groups is 1. The van der Waals surface area contributed by atoms with E-state index in [1.165, 1.54) is 29.8 Å². The number of nitrogens with zero attached hydrogens (tertiary/aromatic N) is 2. The Hall–Kier alpha value is -3.11. The molecule has 2 aromatic carbocycles. The van der Waals surface area contributed by atoms with Crippen LogP contribution in [0.1, 0.15) is 42.5 Å². The molecule has 2 aliphatic rings. The number of piperidine rings is 1. The number of alkyl halides is 3. The molecule has 1 spiro atoms. The number of ether oxygens (including phenoxy) is 1. The molecular formula is C24H27F3N4O3. The highest BCUT2D eigenvalue weighted by Gasteiger charge is 2.40. The number of carbonyl (C=O) groups excluding carboxylic acids is 1. The minimum absolute atomic E-state index is 0.0418. The van der Waals surface area contributed by atoms with Crippen LogP contribution in [-0.4, -0.2) is 48.4 Å². The maximum atomic E-state index is 12.5. The minimum Gasteiger partial charge on any atom is -0.406 e. The highest BCUT2D eigenvalue weighted by Crippen LogP contribution is 2.31. The number of hydroxylamine groups is 1. The maximum absolute atomic E-state index is 12.5. The summed E-state index contributed by atoms with van der Waals surface area (Å²) in [5, 5.41) is 3.04. The molecule has 10 heteroatoms. The Morgan fingerprint density at radius 2 is 1.82 bits per heavy atom. The van der Waals surface area contributed by atoms with E-state index < -0.39 is 12.1 Å². The first-order chi connectivity index (χ1) is 16.1. The second-order valence-electron chi connectivity index (χ2n) is 8.66. The second-order valence-corrected chi connectivity index (χ2v) is 8.66. The van der Waals surface area contributed by atoms with Gasteiger partial charge >= 0.3 is 6.36 Å². The lowest BCUT2D eigenvalue weighted by molar-refractivity contribution is -0.274.